The van der Waals surface area contributed by atoms with Crippen molar-refractivity contribution in [3.8, 4) is 0 Å². The maximum Gasteiger partial charge on any atom is 0.219 e. The van der Waals surface area contributed by atoms with E-state index in [0.29, 0.717) is 32.6 Å². The van der Waals surface area contributed by atoms with Crippen LogP contribution in [0.25, 0.3) is 0 Å². The maximum atomic E-state index is 6.36. The molecule has 4 heteroatoms. The van der Waals surface area contributed by atoms with Crippen molar-refractivity contribution in [1.82, 2.24) is 0 Å². The van der Waals surface area contributed by atoms with E-state index in [-0.39, 0.29) is 6.10 Å². The van der Waals surface area contributed by atoms with Gasteiger partial charge < -0.3 is 9.47 Å². The summed E-state index contributed by atoms with van der Waals surface area (Å²) in [4.78, 5) is 0. The molecule has 0 aromatic carbocycles. The minimum absolute atomic E-state index is 0.210. The molecule has 5 aliphatic carbocycles. The second-order valence-corrected chi connectivity index (χ2v) is 14.2. The minimum Gasteiger partial charge on any atom is -0.475 e. The van der Waals surface area contributed by atoms with Gasteiger partial charge in [-0.3, -0.25) is 0 Å². The SMILES string of the molecule is C=CCC[C@H](OC(=S)SC)[C@@H](C)[C@H]1CC[C@H]2[C@@H]3CC(OC)[C@]45C[C@H]4CC[C@]5(C)[C@H]3CC[C@]12C. The van der Waals surface area contributed by atoms with Gasteiger partial charge >= 0.3 is 0 Å². The van der Waals surface area contributed by atoms with Crippen LogP contribution in [-0.4, -0.2) is 30.0 Å². The summed E-state index contributed by atoms with van der Waals surface area (Å²) < 4.78 is 13.4. The summed E-state index contributed by atoms with van der Waals surface area (Å²) in [5.74, 6) is 4.83. The lowest BCUT2D eigenvalue weighted by molar-refractivity contribution is -0.162. The third-order valence-corrected chi connectivity index (χ3v) is 13.2. The number of methoxy groups -OCH3 is 1. The zero-order valence-corrected chi connectivity index (χ0v) is 23.2. The van der Waals surface area contributed by atoms with E-state index in [1.54, 1.807) is 11.8 Å². The van der Waals surface area contributed by atoms with Crippen LogP contribution in [0.4, 0.5) is 0 Å². The van der Waals surface area contributed by atoms with Crippen molar-refractivity contribution >= 4 is 28.4 Å². The first-order valence-electron chi connectivity index (χ1n) is 13.6. The van der Waals surface area contributed by atoms with Crippen molar-refractivity contribution < 1.29 is 9.47 Å². The van der Waals surface area contributed by atoms with Crippen molar-refractivity contribution in [3.05, 3.63) is 12.7 Å². The summed E-state index contributed by atoms with van der Waals surface area (Å²) in [6.07, 6.45) is 18.1. The molecule has 33 heavy (non-hydrogen) atoms. The predicted octanol–water partition coefficient (Wildman–Crippen LogP) is 7.91. The van der Waals surface area contributed by atoms with Gasteiger partial charge in [-0.25, -0.2) is 0 Å². The lowest BCUT2D eigenvalue weighted by atomic mass is 9.45. The first-order chi connectivity index (χ1) is 15.8. The van der Waals surface area contributed by atoms with Crippen molar-refractivity contribution in [2.75, 3.05) is 13.4 Å². The third kappa shape index (κ3) is 3.46. The van der Waals surface area contributed by atoms with Crippen LogP contribution in [0.1, 0.15) is 85.0 Å². The smallest absolute Gasteiger partial charge is 0.219 e. The van der Waals surface area contributed by atoms with E-state index in [2.05, 4.69) is 27.4 Å². The van der Waals surface area contributed by atoms with E-state index in [9.17, 15) is 0 Å². The highest BCUT2D eigenvalue weighted by Gasteiger charge is 2.77. The standard InChI is InChI=1S/C29H46O2S2/c1-7-8-9-24(31-26(32)33-6)18(2)21-10-11-22-20-16-25(30-5)29-17-19(29)12-15-28(29,4)23(20)13-14-27(21,22)3/h7,18-25H,1,8-17H2,2-6H3/t18-,19+,20-,21+,22-,23-,24-,25?,27+,28+,29-/m0/s1. The zero-order chi connectivity index (χ0) is 23.6. The second kappa shape index (κ2) is 8.80. The molecule has 1 spiro atoms. The Hall–Kier alpha value is -0.0600. The van der Waals surface area contributed by atoms with Gasteiger partial charge in [-0.1, -0.05) is 38.6 Å². The van der Waals surface area contributed by atoms with Gasteiger partial charge in [0.2, 0.25) is 4.38 Å². The van der Waals surface area contributed by atoms with Gasteiger partial charge in [0, 0.05) is 12.5 Å². The number of thioether (sulfide) groups is 1. The van der Waals surface area contributed by atoms with Crippen molar-refractivity contribution in [3.63, 3.8) is 0 Å². The Morgan fingerprint density at radius 2 is 1.97 bits per heavy atom. The Kier molecular flexibility index (Phi) is 6.57. The summed E-state index contributed by atoms with van der Waals surface area (Å²) in [7, 11) is 2.01. The zero-order valence-electron chi connectivity index (χ0n) is 21.6. The van der Waals surface area contributed by atoms with Crippen molar-refractivity contribution in [2.24, 2.45) is 51.8 Å². The highest BCUT2D eigenvalue weighted by atomic mass is 32.2. The summed E-state index contributed by atoms with van der Waals surface area (Å²) >= 11 is 7.06. The maximum absolute atomic E-state index is 6.36. The molecule has 11 atom stereocenters. The number of rotatable bonds is 7. The fraction of sp³-hybridized carbons (Fsp3) is 0.897. The molecule has 0 bridgehead atoms. The highest BCUT2D eigenvalue weighted by Crippen LogP contribution is 2.82. The Balaban J connectivity index is 1.38. The van der Waals surface area contributed by atoms with E-state index < -0.39 is 0 Å². The number of hydrogen-bond donors (Lipinski definition) is 0. The molecular formula is C29H46O2S2. The molecule has 0 N–H and O–H groups in total. The van der Waals surface area contributed by atoms with Gasteiger partial charge in [0.25, 0.3) is 0 Å². The number of fused-ring (bicyclic) bond motifs is 4. The molecule has 0 radical (unpaired) electrons. The van der Waals surface area contributed by atoms with Crippen LogP contribution in [0.15, 0.2) is 12.7 Å². The average Bonchev–Trinajstić information content (AvgIpc) is 3.32. The number of thiocarbonyl (C=S) groups is 1. The lowest BCUT2D eigenvalue weighted by Gasteiger charge is -2.61. The van der Waals surface area contributed by atoms with Gasteiger partial charge in [0.05, 0.1) is 6.10 Å². The normalized spacial score (nSPS) is 49.2. The molecule has 0 heterocycles. The molecule has 5 rings (SSSR count). The molecule has 0 aromatic heterocycles. The molecule has 1 unspecified atom stereocenters. The van der Waals surface area contributed by atoms with Crippen LogP contribution in [0.5, 0.6) is 0 Å². The molecule has 0 amide bonds. The van der Waals surface area contributed by atoms with Crippen LogP contribution in [0.2, 0.25) is 0 Å². The molecule has 5 aliphatic rings. The highest BCUT2D eigenvalue weighted by molar-refractivity contribution is 8.22. The summed E-state index contributed by atoms with van der Waals surface area (Å²) in [6.45, 7) is 11.8. The monoisotopic (exact) mass is 490 g/mol. The number of allylic oxidation sites excluding steroid dienone is 1. The Bertz CT molecular complexity index is 784. The number of hydrogen-bond acceptors (Lipinski definition) is 4. The van der Waals surface area contributed by atoms with Crippen LogP contribution >= 0.6 is 24.0 Å². The Labute approximate surface area is 212 Å². The molecule has 2 nitrogen and oxygen atoms in total. The predicted molar refractivity (Wildman–Crippen MR) is 143 cm³/mol. The van der Waals surface area contributed by atoms with E-state index >= 15 is 0 Å². The molecule has 0 aliphatic heterocycles. The fourth-order valence-electron chi connectivity index (χ4n) is 10.6. The molecule has 5 fully saturated rings. The molecular weight excluding hydrogens is 444 g/mol. The fourth-order valence-corrected chi connectivity index (χ4v) is 11.0. The van der Waals surface area contributed by atoms with Gasteiger partial charge in [0.1, 0.15) is 6.10 Å². The number of ether oxygens (including phenoxy) is 2. The summed E-state index contributed by atoms with van der Waals surface area (Å²) in [5.41, 5.74) is 1.48. The molecule has 0 saturated heterocycles. The van der Waals surface area contributed by atoms with E-state index in [4.69, 9.17) is 21.7 Å². The Morgan fingerprint density at radius 3 is 2.64 bits per heavy atom. The summed E-state index contributed by atoms with van der Waals surface area (Å²) in [5, 5.41) is 0. The molecule has 5 saturated carbocycles. The van der Waals surface area contributed by atoms with Gasteiger partial charge in [-0.2, -0.15) is 0 Å². The van der Waals surface area contributed by atoms with Crippen LogP contribution in [-0.2, 0) is 9.47 Å². The molecule has 186 valence electrons. The van der Waals surface area contributed by atoms with E-state index in [1.165, 1.54) is 51.4 Å². The Morgan fingerprint density at radius 1 is 1.18 bits per heavy atom. The van der Waals surface area contributed by atoms with Crippen molar-refractivity contribution in [2.45, 2.75) is 97.2 Å². The molecule has 0 aromatic rings. The van der Waals surface area contributed by atoms with Gasteiger partial charge in [0.15, 0.2) is 0 Å². The average molecular weight is 491 g/mol. The first kappa shape index (κ1) is 24.6. The van der Waals surface area contributed by atoms with E-state index in [1.807, 2.05) is 19.4 Å². The third-order valence-electron chi connectivity index (χ3n) is 12.2. The van der Waals surface area contributed by atoms with Crippen LogP contribution in [0, 0.1) is 51.8 Å². The van der Waals surface area contributed by atoms with Gasteiger partial charge in [-0.15, -0.1) is 6.58 Å². The largest absolute Gasteiger partial charge is 0.475 e. The second-order valence-electron chi connectivity index (χ2n) is 12.8. The summed E-state index contributed by atoms with van der Waals surface area (Å²) in [6, 6.07) is 0. The van der Waals surface area contributed by atoms with Crippen molar-refractivity contribution in [1.29, 1.82) is 0 Å². The van der Waals surface area contributed by atoms with Crippen LogP contribution in [0.3, 0.4) is 0 Å². The van der Waals surface area contributed by atoms with E-state index in [0.717, 1.165) is 42.4 Å². The first-order valence-corrected chi connectivity index (χ1v) is 15.3. The quantitative estimate of drug-likeness (QED) is 0.266. The lowest BCUT2D eigenvalue weighted by Crippen LogP contribution is -2.57. The topological polar surface area (TPSA) is 18.5 Å². The minimum atomic E-state index is 0.210. The van der Waals surface area contributed by atoms with Gasteiger partial charge in [-0.05, 0) is 129 Å². The van der Waals surface area contributed by atoms with Crippen LogP contribution < -0.4 is 0 Å².